The average Bonchev–Trinajstić information content (AvgIpc) is 3.05. The molecule has 49 heavy (non-hydrogen) atoms. The minimum absolute atomic E-state index is 0.0423. The lowest BCUT2D eigenvalue weighted by atomic mass is 10.1. The summed E-state index contributed by atoms with van der Waals surface area (Å²) in [5, 5.41) is 11.6. The zero-order valence-corrected chi connectivity index (χ0v) is 32.6. The van der Waals surface area contributed by atoms with Crippen molar-refractivity contribution >= 4 is 17.9 Å². The van der Waals surface area contributed by atoms with E-state index in [1.54, 1.807) is 21.1 Å². The van der Waals surface area contributed by atoms with Gasteiger partial charge in [0.2, 0.25) is 0 Å². The molecule has 0 amide bonds. The Labute approximate surface area is 301 Å². The minimum atomic E-state index is -1.13. The SMILES string of the molecule is CCCCCCCCCCC/C=C/CCCCCCCC(=O)OCC(COCCC(C(=O)[O-])[N+](C)(C)C)OC(=O)CCCCCCCCC. The molecule has 8 heteroatoms. The number of carbonyl (C=O) groups is 3. The van der Waals surface area contributed by atoms with Crippen LogP contribution in [0.5, 0.6) is 0 Å². The predicted octanol–water partition coefficient (Wildman–Crippen LogP) is 9.02. The lowest BCUT2D eigenvalue weighted by Gasteiger charge is -2.34. The highest BCUT2D eigenvalue weighted by molar-refractivity contribution is 5.70. The Hall–Kier alpha value is -1.93. The molecule has 2 unspecified atom stereocenters. The van der Waals surface area contributed by atoms with Crippen LogP contribution in [0.4, 0.5) is 0 Å². The molecule has 0 bridgehead atoms. The Morgan fingerprint density at radius 3 is 1.47 bits per heavy atom. The van der Waals surface area contributed by atoms with Crippen LogP contribution in [0.3, 0.4) is 0 Å². The van der Waals surface area contributed by atoms with E-state index in [1.165, 1.54) is 103 Å². The zero-order valence-electron chi connectivity index (χ0n) is 32.6. The van der Waals surface area contributed by atoms with Crippen molar-refractivity contribution in [1.29, 1.82) is 0 Å². The van der Waals surface area contributed by atoms with Crippen molar-refractivity contribution in [3.8, 4) is 0 Å². The molecule has 0 N–H and O–H groups in total. The topological polar surface area (TPSA) is 102 Å². The number of quaternary nitrogens is 1. The second-order valence-electron chi connectivity index (χ2n) is 14.9. The smallest absolute Gasteiger partial charge is 0.306 e. The van der Waals surface area contributed by atoms with E-state index in [4.69, 9.17) is 14.2 Å². The standard InChI is InChI=1S/C41H77NO7/c1-6-8-10-12-14-15-16-17-18-19-20-21-22-23-24-26-27-29-31-39(43)48-36-37(35-47-34-33-38(41(45)46)42(3,4)5)49-40(44)32-30-28-25-13-11-9-7-2/h20-21,37-38H,6-19,22-36H2,1-5H3/b21-20+. The summed E-state index contributed by atoms with van der Waals surface area (Å²) < 4.78 is 17.0. The molecule has 0 saturated heterocycles. The summed E-state index contributed by atoms with van der Waals surface area (Å²) in [7, 11) is 5.39. The van der Waals surface area contributed by atoms with Gasteiger partial charge in [-0.25, -0.2) is 0 Å². The van der Waals surface area contributed by atoms with E-state index in [0.717, 1.165) is 44.9 Å². The van der Waals surface area contributed by atoms with Crippen molar-refractivity contribution in [3.05, 3.63) is 12.2 Å². The summed E-state index contributed by atoms with van der Waals surface area (Å²) in [5.74, 6) is -1.75. The third kappa shape index (κ3) is 31.8. The Morgan fingerprint density at radius 2 is 1.02 bits per heavy atom. The fraction of sp³-hybridized carbons (Fsp3) is 0.878. The van der Waals surface area contributed by atoms with Gasteiger partial charge in [0.1, 0.15) is 12.6 Å². The van der Waals surface area contributed by atoms with Crippen molar-refractivity contribution < 1.29 is 38.2 Å². The summed E-state index contributed by atoms with van der Waals surface area (Å²) in [5.41, 5.74) is 0. The number of allylic oxidation sites excluding steroid dienone is 2. The number of aliphatic carboxylic acids is 1. The third-order valence-corrected chi connectivity index (χ3v) is 9.15. The molecular weight excluding hydrogens is 618 g/mol. The fourth-order valence-electron chi connectivity index (χ4n) is 5.95. The molecule has 0 saturated carbocycles. The van der Waals surface area contributed by atoms with Gasteiger partial charge in [-0.05, 0) is 38.5 Å². The molecule has 8 nitrogen and oxygen atoms in total. The molecule has 0 aliphatic rings. The fourth-order valence-corrected chi connectivity index (χ4v) is 5.95. The van der Waals surface area contributed by atoms with E-state index < -0.39 is 18.1 Å². The van der Waals surface area contributed by atoms with Crippen LogP contribution in [0.25, 0.3) is 0 Å². The van der Waals surface area contributed by atoms with Gasteiger partial charge in [0.25, 0.3) is 0 Å². The number of carbonyl (C=O) groups excluding carboxylic acids is 3. The Kier molecular flexibility index (Phi) is 31.9. The summed E-state index contributed by atoms with van der Waals surface area (Å²) >= 11 is 0. The second kappa shape index (κ2) is 33.2. The van der Waals surface area contributed by atoms with E-state index in [2.05, 4.69) is 26.0 Å². The maximum absolute atomic E-state index is 12.5. The van der Waals surface area contributed by atoms with Crippen LogP contribution in [-0.4, -0.2) is 75.5 Å². The molecule has 288 valence electrons. The predicted molar refractivity (Wildman–Crippen MR) is 199 cm³/mol. The van der Waals surface area contributed by atoms with E-state index >= 15 is 0 Å². The number of rotatable bonds is 36. The molecule has 0 heterocycles. The highest BCUT2D eigenvalue weighted by atomic mass is 16.6. The number of likely N-dealkylation sites (N-methyl/N-ethyl adjacent to an activating group) is 1. The van der Waals surface area contributed by atoms with Crippen LogP contribution < -0.4 is 5.11 Å². The first-order valence-corrected chi connectivity index (χ1v) is 20.2. The molecule has 0 fully saturated rings. The molecule has 0 spiro atoms. The molecule has 0 aromatic rings. The molecular formula is C41H77NO7. The van der Waals surface area contributed by atoms with Crippen molar-refractivity contribution in [2.75, 3.05) is 41.0 Å². The van der Waals surface area contributed by atoms with Gasteiger partial charge in [-0.3, -0.25) is 9.59 Å². The number of esters is 2. The summed E-state index contributed by atoms with van der Waals surface area (Å²) in [4.78, 5) is 36.5. The van der Waals surface area contributed by atoms with Crippen LogP contribution >= 0.6 is 0 Å². The number of ether oxygens (including phenoxy) is 3. The van der Waals surface area contributed by atoms with Crippen molar-refractivity contribution in [2.45, 2.75) is 193 Å². The van der Waals surface area contributed by atoms with Crippen LogP contribution in [0, 0.1) is 0 Å². The van der Waals surface area contributed by atoms with Gasteiger partial charge in [0.15, 0.2) is 6.10 Å². The molecule has 0 aromatic carbocycles. The monoisotopic (exact) mass is 696 g/mol. The van der Waals surface area contributed by atoms with E-state index in [9.17, 15) is 19.5 Å². The third-order valence-electron chi connectivity index (χ3n) is 9.15. The molecule has 0 radical (unpaired) electrons. The first-order valence-electron chi connectivity index (χ1n) is 20.2. The molecule has 0 aliphatic heterocycles. The highest BCUT2D eigenvalue weighted by Crippen LogP contribution is 2.14. The van der Waals surface area contributed by atoms with E-state index in [0.29, 0.717) is 12.8 Å². The van der Waals surface area contributed by atoms with Crippen molar-refractivity contribution in [3.63, 3.8) is 0 Å². The van der Waals surface area contributed by atoms with Crippen LogP contribution in [0.2, 0.25) is 0 Å². The van der Waals surface area contributed by atoms with E-state index in [-0.39, 0.29) is 42.7 Å². The van der Waals surface area contributed by atoms with Crippen molar-refractivity contribution in [2.24, 2.45) is 0 Å². The first kappa shape index (κ1) is 47.1. The normalized spacial score (nSPS) is 13.1. The first-order chi connectivity index (χ1) is 23.6. The Bertz CT molecular complexity index is 823. The average molecular weight is 696 g/mol. The van der Waals surface area contributed by atoms with Gasteiger partial charge in [-0.2, -0.15) is 0 Å². The molecule has 0 aliphatic carbocycles. The van der Waals surface area contributed by atoms with Crippen LogP contribution in [0.15, 0.2) is 12.2 Å². The Morgan fingerprint density at radius 1 is 0.592 bits per heavy atom. The highest BCUT2D eigenvalue weighted by Gasteiger charge is 2.25. The van der Waals surface area contributed by atoms with Gasteiger partial charge in [0, 0.05) is 19.3 Å². The maximum atomic E-state index is 12.5. The van der Waals surface area contributed by atoms with Gasteiger partial charge in [-0.15, -0.1) is 0 Å². The van der Waals surface area contributed by atoms with Crippen molar-refractivity contribution in [1.82, 2.24) is 0 Å². The van der Waals surface area contributed by atoms with Crippen LogP contribution in [0.1, 0.15) is 181 Å². The van der Waals surface area contributed by atoms with E-state index in [1.807, 2.05) is 0 Å². The quantitative estimate of drug-likeness (QED) is 0.0279. The number of hydrogen-bond acceptors (Lipinski definition) is 7. The lowest BCUT2D eigenvalue weighted by molar-refractivity contribution is -0.889. The number of nitrogens with zero attached hydrogens (tertiary/aromatic N) is 1. The lowest BCUT2D eigenvalue weighted by Crippen LogP contribution is -2.55. The molecule has 0 aromatic heterocycles. The van der Waals surface area contributed by atoms with Crippen LogP contribution in [-0.2, 0) is 28.6 Å². The summed E-state index contributed by atoms with van der Waals surface area (Å²) in [6.45, 7) is 4.61. The maximum Gasteiger partial charge on any atom is 0.306 e. The second-order valence-corrected chi connectivity index (χ2v) is 14.9. The van der Waals surface area contributed by atoms with Gasteiger partial charge >= 0.3 is 11.9 Å². The van der Waals surface area contributed by atoms with Gasteiger partial charge < -0.3 is 28.6 Å². The largest absolute Gasteiger partial charge is 0.544 e. The number of carboxylic acids is 1. The molecule has 0 rings (SSSR count). The summed E-state index contributed by atoms with van der Waals surface area (Å²) in [6.07, 6.45) is 32.5. The zero-order chi connectivity index (χ0) is 36.4. The van der Waals surface area contributed by atoms with Gasteiger partial charge in [-0.1, -0.05) is 135 Å². The number of unbranched alkanes of at least 4 members (excludes halogenated alkanes) is 20. The van der Waals surface area contributed by atoms with Gasteiger partial charge in [0.05, 0.1) is 40.3 Å². The Balaban J connectivity index is 4.24. The number of hydrogen-bond donors (Lipinski definition) is 0. The molecule has 2 atom stereocenters. The number of carboxylic acid groups (broad SMARTS) is 1. The summed E-state index contributed by atoms with van der Waals surface area (Å²) in [6, 6.07) is -0.720. The minimum Gasteiger partial charge on any atom is -0.544 e.